The van der Waals surface area contributed by atoms with Crippen LogP contribution in [0.3, 0.4) is 0 Å². The van der Waals surface area contributed by atoms with Crippen molar-refractivity contribution in [3.8, 4) is 16.9 Å². The molecule has 7 nitrogen and oxygen atoms in total. The molecule has 0 radical (unpaired) electrons. The number of unbranched alkanes of at least 4 members (excludes halogenated alkanes) is 1. The van der Waals surface area contributed by atoms with Crippen molar-refractivity contribution >= 4 is 29.2 Å². The first kappa shape index (κ1) is 28.1. The van der Waals surface area contributed by atoms with Crippen molar-refractivity contribution in [1.82, 2.24) is 0 Å². The topological polar surface area (TPSA) is 95.9 Å². The second-order valence-electron chi connectivity index (χ2n) is 9.47. The van der Waals surface area contributed by atoms with Crippen LogP contribution < -0.4 is 15.0 Å². The largest absolute Gasteiger partial charge is 0.491 e. The van der Waals surface area contributed by atoms with Gasteiger partial charge >= 0.3 is 5.97 Å². The average Bonchev–Trinajstić information content (AvgIpc) is 2.97. The summed E-state index contributed by atoms with van der Waals surface area (Å²) >= 11 is 0. The van der Waals surface area contributed by atoms with Gasteiger partial charge in [-0.2, -0.15) is 0 Å². The highest BCUT2D eigenvalue weighted by molar-refractivity contribution is 6.09. The molecule has 4 aromatic rings. The number of carbonyl (C=O) groups excluding carboxylic acids is 2. The van der Waals surface area contributed by atoms with Crippen molar-refractivity contribution in [2.24, 2.45) is 0 Å². The second kappa shape index (κ2) is 13.2. The molecule has 4 rings (SSSR count). The number of hydrogen-bond acceptors (Lipinski definition) is 4. The van der Waals surface area contributed by atoms with Gasteiger partial charge in [0.25, 0.3) is 11.8 Å². The highest BCUT2D eigenvalue weighted by atomic mass is 16.5. The molecule has 0 heterocycles. The molecule has 0 aromatic heterocycles. The summed E-state index contributed by atoms with van der Waals surface area (Å²) < 4.78 is 5.84. The second-order valence-corrected chi connectivity index (χ2v) is 9.47. The fraction of sp³-hybridized carbons (Fsp3) is 0.182. The van der Waals surface area contributed by atoms with Gasteiger partial charge in [-0.3, -0.25) is 14.4 Å². The smallest absolute Gasteiger partial charge is 0.303 e. The Morgan fingerprint density at radius 1 is 0.825 bits per heavy atom. The molecule has 7 heteroatoms. The molecular weight excluding hydrogens is 504 g/mol. The van der Waals surface area contributed by atoms with Gasteiger partial charge in [-0.1, -0.05) is 60.2 Å². The standard InChI is InChI=1S/C33H32N2O5/c1-23-14-16-24(17-15-23)27-9-3-4-10-28(27)32(38)34-26-20-18-25(19-21-26)33(39)35(2)29-11-5-6-12-30(29)40-22-8-7-13-31(36)37/h3-6,9-12,14-21H,7-8,13,22H2,1-2H3,(H,34,38)(H,36,37). The number of amides is 2. The van der Waals surface area contributed by atoms with E-state index in [0.717, 1.165) is 16.7 Å². The number of para-hydroxylation sites is 2. The Labute approximate surface area is 234 Å². The van der Waals surface area contributed by atoms with Gasteiger partial charge in [0.1, 0.15) is 5.75 Å². The molecule has 0 unspecified atom stereocenters. The van der Waals surface area contributed by atoms with Gasteiger partial charge in [-0.25, -0.2) is 0 Å². The maximum Gasteiger partial charge on any atom is 0.303 e. The maximum absolute atomic E-state index is 13.2. The van der Waals surface area contributed by atoms with Gasteiger partial charge < -0.3 is 20.1 Å². The zero-order valence-corrected chi connectivity index (χ0v) is 22.6. The first-order chi connectivity index (χ1) is 19.3. The van der Waals surface area contributed by atoms with E-state index in [0.29, 0.717) is 47.7 Å². The van der Waals surface area contributed by atoms with Gasteiger partial charge in [0.05, 0.1) is 12.3 Å². The minimum absolute atomic E-state index is 0.0963. The quantitative estimate of drug-likeness (QED) is 0.205. The van der Waals surface area contributed by atoms with E-state index >= 15 is 0 Å². The van der Waals surface area contributed by atoms with Crippen LogP contribution in [-0.4, -0.2) is 36.5 Å². The number of benzene rings is 4. The Kier molecular flexibility index (Phi) is 9.31. The van der Waals surface area contributed by atoms with E-state index in [-0.39, 0.29) is 18.2 Å². The van der Waals surface area contributed by atoms with E-state index in [1.165, 1.54) is 4.90 Å². The summed E-state index contributed by atoms with van der Waals surface area (Å²) in [5, 5.41) is 11.7. The molecule has 0 saturated heterocycles. The molecule has 4 aromatic carbocycles. The van der Waals surface area contributed by atoms with Crippen LogP contribution in [0.2, 0.25) is 0 Å². The molecule has 0 aliphatic carbocycles. The van der Waals surface area contributed by atoms with Crippen LogP contribution >= 0.6 is 0 Å². The number of hydrogen-bond donors (Lipinski definition) is 2. The lowest BCUT2D eigenvalue weighted by Crippen LogP contribution is -2.26. The van der Waals surface area contributed by atoms with Crippen LogP contribution in [-0.2, 0) is 4.79 Å². The Bertz CT molecular complexity index is 1480. The van der Waals surface area contributed by atoms with Gasteiger partial charge in [0, 0.05) is 30.3 Å². The Morgan fingerprint density at radius 3 is 2.23 bits per heavy atom. The molecule has 2 N–H and O–H groups in total. The number of nitrogens with one attached hydrogen (secondary N) is 1. The molecule has 0 fully saturated rings. The highest BCUT2D eigenvalue weighted by Crippen LogP contribution is 2.29. The lowest BCUT2D eigenvalue weighted by atomic mass is 9.98. The van der Waals surface area contributed by atoms with Gasteiger partial charge in [0.2, 0.25) is 0 Å². The number of anilines is 2. The molecule has 0 spiro atoms. The fourth-order valence-corrected chi connectivity index (χ4v) is 4.28. The summed E-state index contributed by atoms with van der Waals surface area (Å²) in [6.07, 6.45) is 1.22. The Hall–Kier alpha value is -4.91. The van der Waals surface area contributed by atoms with E-state index < -0.39 is 5.97 Å². The van der Waals surface area contributed by atoms with E-state index in [9.17, 15) is 14.4 Å². The highest BCUT2D eigenvalue weighted by Gasteiger charge is 2.18. The minimum Gasteiger partial charge on any atom is -0.491 e. The van der Waals surface area contributed by atoms with Crippen LogP contribution in [0.15, 0.2) is 97.1 Å². The predicted octanol–water partition coefficient (Wildman–Crippen LogP) is 6.82. The van der Waals surface area contributed by atoms with Gasteiger partial charge in [-0.15, -0.1) is 0 Å². The number of nitrogens with zero attached hydrogens (tertiary/aromatic N) is 1. The lowest BCUT2D eigenvalue weighted by Gasteiger charge is -2.21. The third-order valence-electron chi connectivity index (χ3n) is 6.50. The molecule has 0 atom stereocenters. The predicted molar refractivity (Wildman–Crippen MR) is 157 cm³/mol. The first-order valence-electron chi connectivity index (χ1n) is 13.1. The van der Waals surface area contributed by atoms with Crippen molar-refractivity contribution in [1.29, 1.82) is 0 Å². The molecule has 0 saturated carbocycles. The van der Waals surface area contributed by atoms with Gasteiger partial charge in [0.15, 0.2) is 0 Å². The Balaban J connectivity index is 1.42. The summed E-state index contributed by atoms with van der Waals surface area (Å²) in [6.45, 7) is 2.38. The molecule has 204 valence electrons. The summed E-state index contributed by atoms with van der Waals surface area (Å²) in [4.78, 5) is 38.6. The van der Waals surface area contributed by atoms with Crippen molar-refractivity contribution in [2.45, 2.75) is 26.2 Å². The first-order valence-corrected chi connectivity index (χ1v) is 13.1. The number of rotatable bonds is 11. The SMILES string of the molecule is Cc1ccc(-c2ccccc2C(=O)Nc2ccc(C(=O)N(C)c3ccccc3OCCCCC(=O)O)cc2)cc1. The lowest BCUT2D eigenvalue weighted by molar-refractivity contribution is -0.137. The van der Waals surface area contributed by atoms with Crippen LogP contribution in [0.5, 0.6) is 5.75 Å². The number of aryl methyl sites for hydroxylation is 1. The van der Waals surface area contributed by atoms with E-state index in [1.807, 2.05) is 61.5 Å². The summed E-state index contributed by atoms with van der Waals surface area (Å²) in [5.41, 5.74) is 5.16. The zero-order chi connectivity index (χ0) is 28.5. The molecule has 2 amide bonds. The van der Waals surface area contributed by atoms with Crippen molar-refractivity contribution < 1.29 is 24.2 Å². The number of aliphatic carboxylic acids is 1. The van der Waals surface area contributed by atoms with Crippen LogP contribution in [0.4, 0.5) is 11.4 Å². The average molecular weight is 537 g/mol. The summed E-state index contributed by atoms with van der Waals surface area (Å²) in [7, 11) is 1.67. The molecular formula is C33H32N2O5. The van der Waals surface area contributed by atoms with Gasteiger partial charge in [-0.05, 0) is 73.4 Å². The van der Waals surface area contributed by atoms with E-state index in [4.69, 9.17) is 9.84 Å². The molecule has 0 aliphatic rings. The normalized spacial score (nSPS) is 10.6. The van der Waals surface area contributed by atoms with Crippen LogP contribution in [0, 0.1) is 6.92 Å². The maximum atomic E-state index is 13.2. The van der Waals surface area contributed by atoms with Crippen molar-refractivity contribution in [3.05, 3.63) is 114 Å². The van der Waals surface area contributed by atoms with Crippen molar-refractivity contribution in [2.75, 3.05) is 23.9 Å². The number of carbonyl (C=O) groups is 3. The third kappa shape index (κ3) is 7.14. The summed E-state index contributed by atoms with van der Waals surface area (Å²) in [5.74, 6) is -0.750. The Morgan fingerprint density at radius 2 is 1.50 bits per heavy atom. The molecule has 0 aliphatic heterocycles. The van der Waals surface area contributed by atoms with Crippen LogP contribution in [0.1, 0.15) is 45.5 Å². The summed E-state index contributed by atoms with van der Waals surface area (Å²) in [6, 6.07) is 29.5. The van der Waals surface area contributed by atoms with E-state index in [2.05, 4.69) is 5.32 Å². The molecule has 40 heavy (non-hydrogen) atoms. The van der Waals surface area contributed by atoms with Crippen molar-refractivity contribution in [3.63, 3.8) is 0 Å². The number of carboxylic acids is 1. The number of ether oxygens (including phenoxy) is 1. The third-order valence-corrected chi connectivity index (χ3v) is 6.50. The fourth-order valence-electron chi connectivity index (χ4n) is 4.28. The molecule has 0 bridgehead atoms. The monoisotopic (exact) mass is 536 g/mol. The van der Waals surface area contributed by atoms with E-state index in [1.54, 1.807) is 49.5 Å². The minimum atomic E-state index is -0.830. The zero-order valence-electron chi connectivity index (χ0n) is 22.6. The number of carboxylic acid groups (broad SMARTS) is 1. The van der Waals surface area contributed by atoms with Crippen LogP contribution in [0.25, 0.3) is 11.1 Å².